The zero-order valence-electron chi connectivity index (χ0n) is 16.7. The Hall–Kier alpha value is -1.66. The summed E-state index contributed by atoms with van der Waals surface area (Å²) in [5.41, 5.74) is 1.01. The van der Waals surface area contributed by atoms with E-state index in [1.165, 1.54) is 0 Å². The maximum Gasteiger partial charge on any atom is 0.263 e. The Bertz CT molecular complexity index is 686. The molecule has 2 saturated heterocycles. The highest BCUT2D eigenvalue weighted by atomic mass is 16.5. The quantitative estimate of drug-likeness (QED) is 0.827. The monoisotopic (exact) mass is 375 g/mol. The number of ether oxygens (including phenoxy) is 1. The summed E-state index contributed by atoms with van der Waals surface area (Å²) in [6.45, 7) is 6.79. The third kappa shape index (κ3) is 4.99. The fourth-order valence-corrected chi connectivity index (χ4v) is 4.29. The lowest BCUT2D eigenvalue weighted by molar-refractivity contribution is 0.0666. The molecule has 0 spiro atoms. The van der Waals surface area contributed by atoms with Crippen LogP contribution in [-0.4, -0.2) is 55.3 Å². The number of likely N-dealkylation sites (tertiary alicyclic amines) is 1. The molecule has 1 atom stereocenters. The zero-order valence-corrected chi connectivity index (χ0v) is 16.7. The predicted octanol–water partition coefficient (Wildman–Crippen LogP) is 2.05. The van der Waals surface area contributed by atoms with Crippen molar-refractivity contribution in [3.63, 3.8) is 0 Å². The molecule has 0 radical (unpaired) electrons. The van der Waals surface area contributed by atoms with Crippen molar-refractivity contribution >= 4 is 5.91 Å². The highest BCUT2D eigenvalue weighted by molar-refractivity contribution is 5.95. The summed E-state index contributed by atoms with van der Waals surface area (Å²) >= 11 is 0. The van der Waals surface area contributed by atoms with E-state index in [1.807, 2.05) is 24.1 Å². The fraction of sp³-hybridized carbons (Fsp3) is 0.714. The first-order valence-electron chi connectivity index (χ1n) is 10.3. The maximum absolute atomic E-state index is 13.1. The van der Waals surface area contributed by atoms with Crippen molar-refractivity contribution in [3.05, 3.63) is 33.7 Å². The second kappa shape index (κ2) is 9.51. The first-order chi connectivity index (χ1) is 13.1. The summed E-state index contributed by atoms with van der Waals surface area (Å²) in [6, 6.07) is 1.91. The van der Waals surface area contributed by atoms with Gasteiger partial charge in [0.05, 0.1) is 0 Å². The SMILES string of the molecule is COCCC1CCN(C(=O)c2c(C)ccn(CC3CCCNC3)c2=O)CC1. The van der Waals surface area contributed by atoms with Crippen molar-refractivity contribution < 1.29 is 9.53 Å². The number of pyridine rings is 1. The van der Waals surface area contributed by atoms with Crippen LogP contribution in [0.5, 0.6) is 0 Å². The number of aromatic nitrogens is 1. The summed E-state index contributed by atoms with van der Waals surface area (Å²) in [5.74, 6) is 0.971. The van der Waals surface area contributed by atoms with Crippen LogP contribution in [0.15, 0.2) is 17.1 Å². The number of aryl methyl sites for hydroxylation is 1. The van der Waals surface area contributed by atoms with Crippen molar-refractivity contribution in [2.45, 2.75) is 45.6 Å². The van der Waals surface area contributed by atoms with Gasteiger partial charge in [0.25, 0.3) is 11.5 Å². The smallest absolute Gasteiger partial charge is 0.263 e. The first kappa shape index (κ1) is 20.1. The van der Waals surface area contributed by atoms with E-state index < -0.39 is 0 Å². The van der Waals surface area contributed by atoms with E-state index in [2.05, 4.69) is 5.32 Å². The van der Waals surface area contributed by atoms with Crippen LogP contribution < -0.4 is 10.9 Å². The second-order valence-electron chi connectivity index (χ2n) is 8.06. The molecule has 1 aromatic rings. The Labute approximate surface area is 161 Å². The third-order valence-corrected chi connectivity index (χ3v) is 6.07. The largest absolute Gasteiger partial charge is 0.385 e. The average Bonchev–Trinajstić information content (AvgIpc) is 2.70. The molecule has 3 heterocycles. The normalized spacial score (nSPS) is 21.4. The molecule has 0 aliphatic carbocycles. The summed E-state index contributed by atoms with van der Waals surface area (Å²) in [7, 11) is 1.73. The first-order valence-corrected chi connectivity index (χ1v) is 10.3. The highest BCUT2D eigenvalue weighted by Gasteiger charge is 2.27. The minimum atomic E-state index is -0.132. The predicted molar refractivity (Wildman–Crippen MR) is 106 cm³/mol. The number of piperidine rings is 2. The number of carbonyl (C=O) groups is 1. The molecule has 0 aromatic carbocycles. The minimum absolute atomic E-state index is 0.0983. The number of amides is 1. The molecule has 2 aliphatic rings. The van der Waals surface area contributed by atoms with Gasteiger partial charge in [-0.05, 0) is 75.6 Å². The lowest BCUT2D eigenvalue weighted by Crippen LogP contribution is -2.42. The van der Waals surface area contributed by atoms with E-state index >= 15 is 0 Å². The van der Waals surface area contributed by atoms with Gasteiger partial charge in [-0.15, -0.1) is 0 Å². The van der Waals surface area contributed by atoms with Gasteiger partial charge >= 0.3 is 0 Å². The molecule has 27 heavy (non-hydrogen) atoms. The van der Waals surface area contributed by atoms with Crippen LogP contribution in [0.1, 0.15) is 48.0 Å². The van der Waals surface area contributed by atoms with Crippen molar-refractivity contribution in [1.29, 1.82) is 0 Å². The summed E-state index contributed by atoms with van der Waals surface area (Å²) in [5, 5.41) is 3.39. The van der Waals surface area contributed by atoms with Crippen LogP contribution in [0.4, 0.5) is 0 Å². The van der Waals surface area contributed by atoms with Gasteiger partial charge in [0.15, 0.2) is 0 Å². The fourth-order valence-electron chi connectivity index (χ4n) is 4.29. The third-order valence-electron chi connectivity index (χ3n) is 6.07. The van der Waals surface area contributed by atoms with E-state index in [0.29, 0.717) is 23.9 Å². The Morgan fingerprint density at radius 2 is 2.04 bits per heavy atom. The Kier molecular flexibility index (Phi) is 7.07. The van der Waals surface area contributed by atoms with E-state index in [1.54, 1.807) is 11.7 Å². The van der Waals surface area contributed by atoms with Gasteiger partial charge in [-0.25, -0.2) is 0 Å². The van der Waals surface area contributed by atoms with Crippen molar-refractivity contribution in [2.24, 2.45) is 11.8 Å². The van der Waals surface area contributed by atoms with Crippen LogP contribution in [0, 0.1) is 18.8 Å². The number of nitrogens with one attached hydrogen (secondary N) is 1. The molecule has 2 aliphatic heterocycles. The number of methoxy groups -OCH3 is 1. The van der Waals surface area contributed by atoms with Gasteiger partial charge in [-0.2, -0.15) is 0 Å². The minimum Gasteiger partial charge on any atom is -0.385 e. The molecule has 0 bridgehead atoms. The average molecular weight is 376 g/mol. The van der Waals surface area contributed by atoms with Crippen LogP contribution in [0.3, 0.4) is 0 Å². The molecule has 1 N–H and O–H groups in total. The van der Waals surface area contributed by atoms with Gasteiger partial charge in [0, 0.05) is 39.5 Å². The highest BCUT2D eigenvalue weighted by Crippen LogP contribution is 2.22. The maximum atomic E-state index is 13.1. The van der Waals surface area contributed by atoms with Crippen LogP contribution in [0.25, 0.3) is 0 Å². The number of hydrogen-bond donors (Lipinski definition) is 1. The number of nitrogens with zero attached hydrogens (tertiary/aromatic N) is 2. The van der Waals surface area contributed by atoms with E-state index in [0.717, 1.165) is 70.5 Å². The summed E-state index contributed by atoms with van der Waals surface area (Å²) < 4.78 is 6.91. The Morgan fingerprint density at radius 1 is 1.26 bits per heavy atom. The molecule has 150 valence electrons. The molecular weight excluding hydrogens is 342 g/mol. The molecule has 1 aromatic heterocycles. The van der Waals surface area contributed by atoms with Gasteiger partial charge in [0.2, 0.25) is 0 Å². The molecule has 6 nitrogen and oxygen atoms in total. The molecule has 0 saturated carbocycles. The molecule has 1 unspecified atom stereocenters. The molecule has 1 amide bonds. The van der Waals surface area contributed by atoms with Crippen LogP contribution >= 0.6 is 0 Å². The molecular formula is C21H33N3O3. The topological polar surface area (TPSA) is 63.6 Å². The Balaban J connectivity index is 1.69. The lowest BCUT2D eigenvalue weighted by Gasteiger charge is -2.32. The van der Waals surface area contributed by atoms with Gasteiger partial charge in [0.1, 0.15) is 5.56 Å². The standard InChI is InChI=1S/C21H33N3O3/c1-16-5-10-24(15-18-4-3-9-22-14-18)21(26)19(16)20(25)23-11-6-17(7-12-23)8-13-27-2/h5,10,17-18,22H,3-4,6-9,11-15H2,1-2H3. The van der Waals surface area contributed by atoms with E-state index in [9.17, 15) is 9.59 Å². The molecule has 3 rings (SSSR count). The molecule has 2 fully saturated rings. The number of hydrogen-bond acceptors (Lipinski definition) is 4. The van der Waals surface area contributed by atoms with Gasteiger partial charge in [-0.3, -0.25) is 9.59 Å². The lowest BCUT2D eigenvalue weighted by atomic mass is 9.93. The van der Waals surface area contributed by atoms with Crippen molar-refractivity contribution in [1.82, 2.24) is 14.8 Å². The molecule has 6 heteroatoms. The second-order valence-corrected chi connectivity index (χ2v) is 8.06. The van der Waals surface area contributed by atoms with Gasteiger partial charge in [-0.1, -0.05) is 0 Å². The van der Waals surface area contributed by atoms with Crippen LogP contribution in [0.2, 0.25) is 0 Å². The van der Waals surface area contributed by atoms with Gasteiger partial charge < -0.3 is 19.5 Å². The number of rotatable bonds is 6. The summed E-state index contributed by atoms with van der Waals surface area (Å²) in [4.78, 5) is 28.0. The number of carbonyl (C=O) groups excluding carboxylic acids is 1. The van der Waals surface area contributed by atoms with Crippen molar-refractivity contribution in [2.75, 3.05) is 39.9 Å². The Morgan fingerprint density at radius 3 is 2.70 bits per heavy atom. The zero-order chi connectivity index (χ0) is 19.2. The van der Waals surface area contributed by atoms with E-state index in [-0.39, 0.29) is 11.5 Å². The summed E-state index contributed by atoms with van der Waals surface area (Å²) in [6.07, 6.45) is 7.15. The van der Waals surface area contributed by atoms with Crippen LogP contribution in [-0.2, 0) is 11.3 Å². The van der Waals surface area contributed by atoms with E-state index in [4.69, 9.17) is 4.74 Å². The van der Waals surface area contributed by atoms with Crippen molar-refractivity contribution in [3.8, 4) is 0 Å².